The fourth-order valence-corrected chi connectivity index (χ4v) is 3.24. The number of aliphatic imine (C=N–C) groups is 1. The minimum atomic E-state index is -3.68. The van der Waals surface area contributed by atoms with Gasteiger partial charge < -0.3 is 10.4 Å². The maximum Gasteiger partial charge on any atom is 0.177 e. The van der Waals surface area contributed by atoms with Crippen molar-refractivity contribution in [3.05, 3.63) is 29.1 Å². The van der Waals surface area contributed by atoms with Crippen molar-refractivity contribution in [2.24, 2.45) is 4.99 Å². The van der Waals surface area contributed by atoms with Gasteiger partial charge in [0.15, 0.2) is 21.4 Å². The Labute approximate surface area is 153 Å². The van der Waals surface area contributed by atoms with Crippen molar-refractivity contribution in [2.75, 3.05) is 25.2 Å². The van der Waals surface area contributed by atoms with E-state index in [0.717, 1.165) is 37.8 Å². The molecular formula is C18H25FN2O4S. The van der Waals surface area contributed by atoms with Gasteiger partial charge in [0.25, 0.3) is 0 Å². The van der Waals surface area contributed by atoms with Gasteiger partial charge in [-0.3, -0.25) is 9.79 Å². The molecule has 0 radical (unpaired) electrons. The predicted molar refractivity (Wildman–Crippen MR) is 102 cm³/mol. The van der Waals surface area contributed by atoms with Gasteiger partial charge in [-0.1, -0.05) is 19.8 Å². The first kappa shape index (κ1) is 21.8. The van der Waals surface area contributed by atoms with Crippen LogP contribution >= 0.6 is 0 Å². The molecule has 8 heteroatoms. The number of ketones is 1. The molecule has 0 aliphatic rings. The second kappa shape index (κ2) is 9.47. The quantitative estimate of drug-likeness (QED) is 0.294. The summed E-state index contributed by atoms with van der Waals surface area (Å²) in [5.41, 5.74) is -0.625. The number of anilines is 1. The number of carbonyl (C=O) groups excluding carboxylic acids is 1. The van der Waals surface area contributed by atoms with E-state index in [4.69, 9.17) is 0 Å². The topological polar surface area (TPSA) is 95.8 Å². The fraction of sp³-hybridized carbons (Fsp3) is 0.444. The molecule has 2 N–H and O–H groups in total. The van der Waals surface area contributed by atoms with Gasteiger partial charge in [-0.25, -0.2) is 12.8 Å². The largest absolute Gasteiger partial charge is 0.506 e. The second-order valence-corrected chi connectivity index (χ2v) is 7.90. The van der Waals surface area contributed by atoms with Gasteiger partial charge in [0.2, 0.25) is 0 Å². The highest BCUT2D eigenvalue weighted by molar-refractivity contribution is 7.90. The average molecular weight is 384 g/mol. The van der Waals surface area contributed by atoms with Crippen LogP contribution in [0.5, 0.6) is 0 Å². The van der Waals surface area contributed by atoms with Gasteiger partial charge >= 0.3 is 0 Å². The summed E-state index contributed by atoms with van der Waals surface area (Å²) in [6.07, 6.45) is 4.74. The molecular weight excluding hydrogens is 359 g/mol. The lowest BCUT2D eigenvalue weighted by Gasteiger charge is -2.15. The zero-order valence-electron chi connectivity index (χ0n) is 15.5. The summed E-state index contributed by atoms with van der Waals surface area (Å²) in [5.74, 6) is -2.00. The van der Waals surface area contributed by atoms with Gasteiger partial charge in [-0.2, -0.15) is 0 Å². The third-order valence-electron chi connectivity index (χ3n) is 3.73. The lowest BCUT2D eigenvalue weighted by Crippen LogP contribution is -2.12. The second-order valence-electron chi connectivity index (χ2n) is 5.91. The molecule has 6 nitrogen and oxygen atoms in total. The summed E-state index contributed by atoms with van der Waals surface area (Å²) in [7, 11) is -2.26. The summed E-state index contributed by atoms with van der Waals surface area (Å²) >= 11 is 0. The molecule has 1 aromatic carbocycles. The monoisotopic (exact) mass is 384 g/mol. The van der Waals surface area contributed by atoms with Crippen LogP contribution in [0.15, 0.2) is 27.6 Å². The minimum Gasteiger partial charge on any atom is -0.506 e. The molecule has 0 atom stereocenters. The number of aliphatic hydroxyl groups is 1. The molecule has 0 unspecified atom stereocenters. The van der Waals surface area contributed by atoms with Crippen LogP contribution in [0, 0.1) is 5.82 Å². The van der Waals surface area contributed by atoms with Crippen LogP contribution in [-0.4, -0.2) is 45.4 Å². The minimum absolute atomic E-state index is 0.157. The van der Waals surface area contributed by atoms with Crippen LogP contribution in [0.3, 0.4) is 0 Å². The molecule has 0 spiro atoms. The van der Waals surface area contributed by atoms with Crippen LogP contribution in [0.2, 0.25) is 0 Å². The first-order chi connectivity index (χ1) is 12.1. The number of sulfone groups is 1. The SMILES string of the molecule is CCCCCNc1c(S(C)(=O)=O)ccc(/C(O)=C(/C=NC)C(C)=O)c1F. The number of Topliss-reactive ketones (excluding diaryl/α,β-unsaturated/α-hetero) is 1. The lowest BCUT2D eigenvalue weighted by atomic mass is 10.0. The summed E-state index contributed by atoms with van der Waals surface area (Å²) in [4.78, 5) is 15.2. The van der Waals surface area contributed by atoms with E-state index < -0.39 is 27.2 Å². The molecule has 144 valence electrons. The van der Waals surface area contributed by atoms with Gasteiger partial charge in [-0.05, 0) is 25.5 Å². The van der Waals surface area contributed by atoms with Crippen molar-refractivity contribution in [2.45, 2.75) is 38.0 Å². The molecule has 0 heterocycles. The van der Waals surface area contributed by atoms with Crippen molar-refractivity contribution in [3.8, 4) is 0 Å². The van der Waals surface area contributed by atoms with Crippen LogP contribution in [0.25, 0.3) is 5.76 Å². The van der Waals surface area contributed by atoms with Crippen molar-refractivity contribution in [1.82, 2.24) is 0 Å². The van der Waals surface area contributed by atoms with Gasteiger partial charge in [0.1, 0.15) is 5.76 Å². The highest BCUT2D eigenvalue weighted by Crippen LogP contribution is 2.31. The van der Waals surface area contributed by atoms with Gasteiger partial charge in [0, 0.05) is 26.1 Å². The molecule has 26 heavy (non-hydrogen) atoms. The Kier molecular flexibility index (Phi) is 7.95. The summed E-state index contributed by atoms with van der Waals surface area (Å²) in [5, 5.41) is 13.2. The Hall–Kier alpha value is -2.22. The highest BCUT2D eigenvalue weighted by Gasteiger charge is 2.23. The van der Waals surface area contributed by atoms with E-state index in [1.165, 1.54) is 20.0 Å². The number of carbonyl (C=O) groups is 1. The number of benzene rings is 1. The summed E-state index contributed by atoms with van der Waals surface area (Å²) < 4.78 is 38.9. The van der Waals surface area contributed by atoms with Crippen LogP contribution in [0.1, 0.15) is 38.7 Å². The molecule has 0 saturated heterocycles. The van der Waals surface area contributed by atoms with E-state index in [0.29, 0.717) is 6.54 Å². The lowest BCUT2D eigenvalue weighted by molar-refractivity contribution is -0.113. The zero-order chi connectivity index (χ0) is 19.9. The Morgan fingerprint density at radius 2 is 2.00 bits per heavy atom. The Morgan fingerprint density at radius 3 is 2.50 bits per heavy atom. The molecule has 0 fully saturated rings. The van der Waals surface area contributed by atoms with E-state index in [9.17, 15) is 18.3 Å². The maximum atomic E-state index is 15.0. The maximum absolute atomic E-state index is 15.0. The van der Waals surface area contributed by atoms with Crippen LogP contribution in [0.4, 0.5) is 10.1 Å². The molecule has 0 saturated carbocycles. The average Bonchev–Trinajstić information content (AvgIpc) is 2.55. The van der Waals surface area contributed by atoms with E-state index in [1.54, 1.807) is 0 Å². The molecule has 0 bridgehead atoms. The first-order valence-electron chi connectivity index (χ1n) is 8.28. The number of hydrogen-bond donors (Lipinski definition) is 2. The standard InChI is InChI=1S/C18H25FN2O4S/c1-5-6-7-10-21-17-15(26(4,24)25)9-8-13(16(17)19)18(23)14(11-20-3)12(2)22/h8-9,11,21,23H,5-7,10H2,1-4H3/b18-14+,20-11?. The molecule has 0 aliphatic carbocycles. The third kappa shape index (κ3) is 5.39. The Morgan fingerprint density at radius 1 is 1.35 bits per heavy atom. The fourth-order valence-electron chi connectivity index (χ4n) is 2.40. The Balaban J connectivity index is 3.53. The Bertz CT molecular complexity index is 830. The number of allylic oxidation sites excluding steroid dienone is 1. The summed E-state index contributed by atoms with van der Waals surface area (Å²) in [6, 6.07) is 2.36. The van der Waals surface area contributed by atoms with E-state index in [-0.39, 0.29) is 21.7 Å². The van der Waals surface area contributed by atoms with Crippen molar-refractivity contribution in [3.63, 3.8) is 0 Å². The van der Waals surface area contributed by atoms with Crippen molar-refractivity contribution in [1.29, 1.82) is 0 Å². The smallest absolute Gasteiger partial charge is 0.177 e. The number of nitrogens with one attached hydrogen (secondary N) is 1. The molecule has 1 rings (SSSR count). The molecule has 0 aromatic heterocycles. The van der Waals surface area contributed by atoms with E-state index >= 15 is 4.39 Å². The van der Waals surface area contributed by atoms with Gasteiger partial charge in [-0.15, -0.1) is 0 Å². The number of aliphatic hydroxyl groups excluding tert-OH is 1. The normalized spacial score (nSPS) is 13.0. The molecule has 1 aromatic rings. The predicted octanol–water partition coefficient (Wildman–Crippen LogP) is 3.39. The van der Waals surface area contributed by atoms with E-state index in [1.807, 2.05) is 6.92 Å². The number of hydrogen-bond acceptors (Lipinski definition) is 6. The third-order valence-corrected chi connectivity index (χ3v) is 4.87. The number of unbranched alkanes of at least 4 members (excludes halogenated alkanes) is 2. The first-order valence-corrected chi connectivity index (χ1v) is 10.2. The zero-order valence-corrected chi connectivity index (χ0v) is 16.3. The van der Waals surface area contributed by atoms with E-state index in [2.05, 4.69) is 10.3 Å². The summed E-state index contributed by atoms with van der Waals surface area (Å²) in [6.45, 7) is 3.63. The number of halogens is 1. The van der Waals surface area contributed by atoms with Crippen LogP contribution in [-0.2, 0) is 14.6 Å². The van der Waals surface area contributed by atoms with Crippen molar-refractivity contribution >= 4 is 33.3 Å². The number of rotatable bonds is 9. The molecule has 0 amide bonds. The van der Waals surface area contributed by atoms with Gasteiger partial charge in [0.05, 0.1) is 21.7 Å². The van der Waals surface area contributed by atoms with Crippen molar-refractivity contribution < 1.29 is 22.7 Å². The number of nitrogens with zero attached hydrogens (tertiary/aromatic N) is 1. The highest BCUT2D eigenvalue weighted by atomic mass is 32.2. The molecule has 0 aliphatic heterocycles. The van der Waals surface area contributed by atoms with Crippen LogP contribution < -0.4 is 5.32 Å².